The van der Waals surface area contributed by atoms with Gasteiger partial charge in [-0.2, -0.15) is 0 Å². The van der Waals surface area contributed by atoms with E-state index in [1.807, 2.05) is 48.0 Å². The molecule has 0 saturated heterocycles. The first-order valence-electron chi connectivity index (χ1n) is 7.68. The van der Waals surface area contributed by atoms with Crippen molar-refractivity contribution in [3.05, 3.63) is 51.5 Å². The number of aryl methyl sites for hydroxylation is 1. The Kier molecular flexibility index (Phi) is 5.65. The van der Waals surface area contributed by atoms with Crippen LogP contribution in [0.1, 0.15) is 15.2 Å². The molecule has 0 aliphatic heterocycles. The summed E-state index contributed by atoms with van der Waals surface area (Å²) in [5.41, 5.74) is 2.51. The first kappa shape index (κ1) is 18.1. The number of anilines is 1. The zero-order valence-corrected chi connectivity index (χ0v) is 15.8. The van der Waals surface area contributed by atoms with Crippen molar-refractivity contribution in [3.8, 4) is 17.0 Å². The minimum absolute atomic E-state index is 0.354. The smallest absolute Gasteiger partial charge is 0.349 e. The fourth-order valence-electron chi connectivity index (χ4n) is 2.16. The number of esters is 1. The van der Waals surface area contributed by atoms with Gasteiger partial charge >= 0.3 is 5.97 Å². The van der Waals surface area contributed by atoms with Gasteiger partial charge in [0.05, 0.1) is 12.8 Å². The minimum Gasteiger partial charge on any atom is -0.497 e. The van der Waals surface area contributed by atoms with Crippen molar-refractivity contribution >= 4 is 39.7 Å². The SMILES string of the molecule is COc1ccc(-c2csc(NC(=O)COC(=O)c3sccc3C)n2)cc1. The van der Waals surface area contributed by atoms with E-state index in [0.29, 0.717) is 10.0 Å². The van der Waals surface area contributed by atoms with Crippen LogP contribution in [0.3, 0.4) is 0 Å². The number of benzene rings is 1. The van der Waals surface area contributed by atoms with E-state index in [4.69, 9.17) is 9.47 Å². The zero-order chi connectivity index (χ0) is 18.5. The summed E-state index contributed by atoms with van der Waals surface area (Å²) in [6.07, 6.45) is 0. The van der Waals surface area contributed by atoms with E-state index in [2.05, 4.69) is 10.3 Å². The van der Waals surface area contributed by atoms with Gasteiger partial charge in [0.25, 0.3) is 5.91 Å². The number of carbonyl (C=O) groups excluding carboxylic acids is 2. The number of thiophene rings is 1. The molecule has 0 fully saturated rings. The van der Waals surface area contributed by atoms with Gasteiger partial charge in [-0.3, -0.25) is 10.1 Å². The molecule has 2 aromatic heterocycles. The summed E-state index contributed by atoms with van der Waals surface area (Å²) in [5.74, 6) is -0.158. The van der Waals surface area contributed by atoms with Crippen LogP contribution in [-0.2, 0) is 9.53 Å². The number of nitrogens with zero attached hydrogens (tertiary/aromatic N) is 1. The zero-order valence-electron chi connectivity index (χ0n) is 14.1. The summed E-state index contributed by atoms with van der Waals surface area (Å²) in [4.78, 5) is 28.8. The molecule has 3 rings (SSSR count). The Bertz CT molecular complexity index is 915. The summed E-state index contributed by atoms with van der Waals surface area (Å²) in [5, 5.41) is 6.74. The van der Waals surface area contributed by atoms with E-state index in [1.165, 1.54) is 22.7 Å². The lowest BCUT2D eigenvalue weighted by Gasteiger charge is -2.04. The van der Waals surface area contributed by atoms with Crippen molar-refractivity contribution in [1.29, 1.82) is 0 Å². The lowest BCUT2D eigenvalue weighted by atomic mass is 10.2. The Morgan fingerprint density at radius 1 is 1.15 bits per heavy atom. The van der Waals surface area contributed by atoms with Gasteiger partial charge in [0.1, 0.15) is 10.6 Å². The van der Waals surface area contributed by atoms with Crippen molar-refractivity contribution in [2.45, 2.75) is 6.92 Å². The third-order valence-corrected chi connectivity index (χ3v) is 5.27. The van der Waals surface area contributed by atoms with Crippen molar-refractivity contribution in [3.63, 3.8) is 0 Å². The first-order chi connectivity index (χ1) is 12.6. The molecule has 0 saturated carbocycles. The highest BCUT2D eigenvalue weighted by molar-refractivity contribution is 7.14. The number of methoxy groups -OCH3 is 1. The van der Waals surface area contributed by atoms with Crippen LogP contribution in [0.5, 0.6) is 5.75 Å². The predicted octanol–water partition coefficient (Wildman–Crippen LogP) is 3.98. The number of hydrogen-bond donors (Lipinski definition) is 1. The van der Waals surface area contributed by atoms with Crippen LogP contribution >= 0.6 is 22.7 Å². The Labute approximate surface area is 158 Å². The fraction of sp³-hybridized carbons (Fsp3) is 0.167. The normalized spacial score (nSPS) is 10.4. The van der Waals surface area contributed by atoms with Gasteiger partial charge in [0, 0.05) is 10.9 Å². The monoisotopic (exact) mass is 388 g/mol. The molecule has 6 nitrogen and oxygen atoms in total. The molecule has 3 aromatic rings. The fourth-order valence-corrected chi connectivity index (χ4v) is 3.71. The average Bonchev–Trinajstić information content (AvgIpc) is 3.29. The molecule has 0 radical (unpaired) electrons. The molecular weight excluding hydrogens is 372 g/mol. The molecule has 134 valence electrons. The average molecular weight is 388 g/mol. The van der Waals surface area contributed by atoms with Crippen LogP contribution in [0.4, 0.5) is 5.13 Å². The molecule has 0 aliphatic carbocycles. The quantitative estimate of drug-likeness (QED) is 0.646. The van der Waals surface area contributed by atoms with Crippen molar-refractivity contribution in [2.75, 3.05) is 19.0 Å². The highest BCUT2D eigenvalue weighted by Gasteiger charge is 2.15. The third-order valence-electron chi connectivity index (χ3n) is 3.52. The van der Waals surface area contributed by atoms with E-state index < -0.39 is 11.9 Å². The summed E-state index contributed by atoms with van der Waals surface area (Å²) in [7, 11) is 1.61. The number of aromatic nitrogens is 1. The van der Waals surface area contributed by atoms with Crippen LogP contribution in [0.2, 0.25) is 0 Å². The van der Waals surface area contributed by atoms with E-state index in [9.17, 15) is 9.59 Å². The Morgan fingerprint density at radius 3 is 2.58 bits per heavy atom. The summed E-state index contributed by atoms with van der Waals surface area (Å²) in [6.45, 7) is 1.47. The number of nitrogens with one attached hydrogen (secondary N) is 1. The number of rotatable bonds is 6. The third kappa shape index (κ3) is 4.27. The molecule has 8 heteroatoms. The van der Waals surface area contributed by atoms with Crippen molar-refractivity contribution < 1.29 is 19.1 Å². The molecular formula is C18H16N2O4S2. The topological polar surface area (TPSA) is 77.5 Å². The second-order valence-electron chi connectivity index (χ2n) is 5.32. The highest BCUT2D eigenvalue weighted by atomic mass is 32.1. The molecule has 0 bridgehead atoms. The lowest BCUT2D eigenvalue weighted by Crippen LogP contribution is -2.20. The largest absolute Gasteiger partial charge is 0.497 e. The van der Waals surface area contributed by atoms with E-state index in [-0.39, 0.29) is 6.61 Å². The standard InChI is InChI=1S/C18H16N2O4S2/c1-11-7-8-25-16(11)17(22)24-9-15(21)20-18-19-14(10-26-18)12-3-5-13(23-2)6-4-12/h3-8,10H,9H2,1-2H3,(H,19,20,21). The molecule has 0 aliphatic rings. The molecule has 0 spiro atoms. The Balaban J connectivity index is 1.55. The minimum atomic E-state index is -0.495. The second kappa shape index (κ2) is 8.11. The first-order valence-corrected chi connectivity index (χ1v) is 9.44. The van der Waals surface area contributed by atoms with Crippen molar-refractivity contribution in [1.82, 2.24) is 4.98 Å². The van der Waals surface area contributed by atoms with Crippen LogP contribution < -0.4 is 10.1 Å². The number of thiazole rings is 1. The molecule has 0 atom stereocenters. The van der Waals surface area contributed by atoms with Gasteiger partial charge < -0.3 is 9.47 Å². The van der Waals surface area contributed by atoms with Gasteiger partial charge in [-0.15, -0.1) is 22.7 Å². The van der Waals surface area contributed by atoms with Crippen LogP contribution in [0, 0.1) is 6.92 Å². The van der Waals surface area contributed by atoms with Crippen molar-refractivity contribution in [2.24, 2.45) is 0 Å². The summed E-state index contributed by atoms with van der Waals surface area (Å²) >= 11 is 2.60. The van der Waals surface area contributed by atoms with Gasteiger partial charge in [-0.25, -0.2) is 9.78 Å². The maximum atomic E-state index is 12.0. The highest BCUT2D eigenvalue weighted by Crippen LogP contribution is 2.26. The number of carbonyl (C=O) groups is 2. The maximum Gasteiger partial charge on any atom is 0.349 e. The van der Waals surface area contributed by atoms with E-state index in [0.717, 1.165) is 22.6 Å². The Morgan fingerprint density at radius 2 is 1.92 bits per heavy atom. The number of amides is 1. The summed E-state index contributed by atoms with van der Waals surface area (Å²) in [6, 6.07) is 9.31. The Hall–Kier alpha value is -2.71. The second-order valence-corrected chi connectivity index (χ2v) is 7.10. The van der Waals surface area contributed by atoms with Crippen LogP contribution in [-0.4, -0.2) is 30.6 Å². The maximum absolute atomic E-state index is 12.0. The molecule has 1 aromatic carbocycles. The molecule has 0 unspecified atom stereocenters. The van der Waals surface area contributed by atoms with Crippen LogP contribution in [0.15, 0.2) is 41.1 Å². The van der Waals surface area contributed by atoms with Crippen LogP contribution in [0.25, 0.3) is 11.3 Å². The molecule has 1 N–H and O–H groups in total. The lowest BCUT2D eigenvalue weighted by molar-refractivity contribution is -0.119. The van der Waals surface area contributed by atoms with Gasteiger partial charge in [0.2, 0.25) is 0 Å². The van der Waals surface area contributed by atoms with Gasteiger partial charge in [-0.05, 0) is 48.2 Å². The summed E-state index contributed by atoms with van der Waals surface area (Å²) < 4.78 is 10.2. The predicted molar refractivity (Wildman–Crippen MR) is 102 cm³/mol. The van der Waals surface area contributed by atoms with Gasteiger partial charge in [-0.1, -0.05) is 0 Å². The van der Waals surface area contributed by atoms with E-state index in [1.54, 1.807) is 7.11 Å². The number of hydrogen-bond acceptors (Lipinski definition) is 7. The van der Waals surface area contributed by atoms with Gasteiger partial charge in [0.15, 0.2) is 11.7 Å². The molecule has 2 heterocycles. The molecule has 26 heavy (non-hydrogen) atoms. The van der Waals surface area contributed by atoms with E-state index >= 15 is 0 Å². The molecule has 1 amide bonds. The number of ether oxygens (including phenoxy) is 2.